The molecular formula is C18H22N2O4S2. The van der Waals surface area contributed by atoms with Crippen molar-refractivity contribution in [2.75, 3.05) is 11.5 Å². The molecule has 0 amide bonds. The van der Waals surface area contributed by atoms with E-state index >= 15 is 0 Å². The number of rotatable bonds is 4. The Morgan fingerprint density at radius 2 is 2.04 bits per heavy atom. The van der Waals surface area contributed by atoms with Gasteiger partial charge in [0.05, 0.1) is 10.6 Å². The number of H-pyrrole nitrogens is 1. The first-order valence-corrected chi connectivity index (χ1v) is 11.2. The van der Waals surface area contributed by atoms with Crippen molar-refractivity contribution in [1.29, 1.82) is 0 Å². The predicted octanol–water partition coefficient (Wildman–Crippen LogP) is 2.53. The predicted molar refractivity (Wildman–Crippen MR) is 103 cm³/mol. The quantitative estimate of drug-likeness (QED) is 0.805. The Kier molecular flexibility index (Phi) is 4.92. The summed E-state index contributed by atoms with van der Waals surface area (Å²) in [5, 5.41) is 2.88. The molecule has 1 atom stereocenters. The Hall–Kier alpha value is -1.80. The SMILES string of the molecule is CCSC1CCS(=O)(=O)c2ccc(C(=O)c3c(C)[nH]n(C)c3=O)c(C)c21. The fraction of sp³-hybridized carbons (Fsp3) is 0.444. The number of benzene rings is 1. The number of carbonyl (C=O) groups excluding carboxylic acids is 1. The van der Waals surface area contributed by atoms with Crippen molar-refractivity contribution in [3.8, 4) is 0 Å². The second-order valence-electron chi connectivity index (χ2n) is 6.51. The molecule has 1 aliphatic heterocycles. The first-order valence-electron chi connectivity index (χ1n) is 8.47. The monoisotopic (exact) mass is 394 g/mol. The third kappa shape index (κ3) is 2.95. The topological polar surface area (TPSA) is 89.0 Å². The molecule has 6 nitrogen and oxygen atoms in total. The summed E-state index contributed by atoms with van der Waals surface area (Å²) < 4.78 is 26.2. The maximum Gasteiger partial charge on any atom is 0.277 e. The number of aryl methyl sites for hydroxylation is 2. The molecule has 0 saturated heterocycles. The van der Waals surface area contributed by atoms with Gasteiger partial charge in [-0.25, -0.2) is 8.42 Å². The maximum atomic E-state index is 13.0. The lowest BCUT2D eigenvalue weighted by molar-refractivity contribution is 0.103. The van der Waals surface area contributed by atoms with Crippen LogP contribution < -0.4 is 5.56 Å². The van der Waals surface area contributed by atoms with Gasteiger partial charge in [-0.3, -0.25) is 19.4 Å². The van der Waals surface area contributed by atoms with Crippen molar-refractivity contribution in [3.63, 3.8) is 0 Å². The zero-order valence-corrected chi connectivity index (χ0v) is 16.9. The normalized spacial score (nSPS) is 18.5. The van der Waals surface area contributed by atoms with Gasteiger partial charge in [0, 0.05) is 23.6 Å². The molecular weight excluding hydrogens is 372 g/mol. The molecule has 1 N–H and O–H groups in total. The van der Waals surface area contributed by atoms with Crippen molar-refractivity contribution < 1.29 is 13.2 Å². The van der Waals surface area contributed by atoms with Crippen LogP contribution >= 0.6 is 11.8 Å². The lowest BCUT2D eigenvalue weighted by atomic mass is 9.93. The number of ketones is 1. The van der Waals surface area contributed by atoms with E-state index in [0.717, 1.165) is 11.3 Å². The van der Waals surface area contributed by atoms with E-state index in [9.17, 15) is 18.0 Å². The molecule has 2 heterocycles. The van der Waals surface area contributed by atoms with Crippen molar-refractivity contribution in [1.82, 2.24) is 9.78 Å². The molecule has 0 aliphatic carbocycles. The lowest BCUT2D eigenvalue weighted by Gasteiger charge is -2.27. The fourth-order valence-corrected chi connectivity index (χ4v) is 6.65. The minimum atomic E-state index is -3.33. The van der Waals surface area contributed by atoms with Gasteiger partial charge in [-0.05, 0) is 49.3 Å². The van der Waals surface area contributed by atoms with Gasteiger partial charge in [0.2, 0.25) is 5.78 Å². The van der Waals surface area contributed by atoms with E-state index in [1.807, 2.05) is 6.92 Å². The van der Waals surface area contributed by atoms with E-state index in [-0.39, 0.29) is 27.9 Å². The van der Waals surface area contributed by atoms with Crippen LogP contribution in [0.4, 0.5) is 0 Å². The molecule has 1 unspecified atom stereocenters. The third-order valence-electron chi connectivity index (χ3n) is 4.85. The molecule has 0 fully saturated rings. The Labute approximate surface area is 156 Å². The molecule has 0 bridgehead atoms. The van der Waals surface area contributed by atoms with Crippen molar-refractivity contribution in [2.45, 2.75) is 37.3 Å². The highest BCUT2D eigenvalue weighted by Crippen LogP contribution is 2.43. The molecule has 0 saturated carbocycles. The minimum Gasteiger partial charge on any atom is -0.299 e. The summed E-state index contributed by atoms with van der Waals surface area (Å²) in [6.07, 6.45) is 0.539. The van der Waals surface area contributed by atoms with Crippen LogP contribution in [-0.2, 0) is 16.9 Å². The van der Waals surface area contributed by atoms with E-state index in [2.05, 4.69) is 5.10 Å². The van der Waals surface area contributed by atoms with Gasteiger partial charge in [0.1, 0.15) is 5.56 Å². The summed E-state index contributed by atoms with van der Waals surface area (Å²) in [6, 6.07) is 3.07. The van der Waals surface area contributed by atoms with Gasteiger partial charge in [-0.2, -0.15) is 11.8 Å². The number of nitrogens with one attached hydrogen (secondary N) is 1. The minimum absolute atomic E-state index is 0.0430. The molecule has 2 aromatic rings. The van der Waals surface area contributed by atoms with E-state index in [1.54, 1.807) is 38.7 Å². The summed E-state index contributed by atoms with van der Waals surface area (Å²) in [4.78, 5) is 25.7. The van der Waals surface area contributed by atoms with Gasteiger partial charge >= 0.3 is 0 Å². The van der Waals surface area contributed by atoms with Crippen LogP contribution in [0.25, 0.3) is 0 Å². The Bertz CT molecular complexity index is 1050. The summed E-state index contributed by atoms with van der Waals surface area (Å²) in [6.45, 7) is 5.50. The molecule has 1 aromatic heterocycles. The summed E-state index contributed by atoms with van der Waals surface area (Å²) in [5.41, 5.74) is 2.00. The Morgan fingerprint density at radius 3 is 2.62 bits per heavy atom. The van der Waals surface area contributed by atoms with Crippen LogP contribution in [-0.4, -0.2) is 35.5 Å². The summed E-state index contributed by atoms with van der Waals surface area (Å²) >= 11 is 1.69. The van der Waals surface area contributed by atoms with Crippen LogP contribution in [0.15, 0.2) is 21.8 Å². The summed E-state index contributed by atoms with van der Waals surface area (Å²) in [7, 11) is -1.77. The van der Waals surface area contributed by atoms with Gasteiger partial charge in [0.25, 0.3) is 5.56 Å². The highest BCUT2D eigenvalue weighted by Gasteiger charge is 2.34. The average molecular weight is 395 g/mol. The first-order chi connectivity index (χ1) is 12.2. The Morgan fingerprint density at radius 1 is 1.35 bits per heavy atom. The van der Waals surface area contributed by atoms with Crippen LogP contribution in [0.2, 0.25) is 0 Å². The molecule has 1 aliphatic rings. The van der Waals surface area contributed by atoms with Gasteiger partial charge in [-0.15, -0.1) is 0 Å². The molecule has 26 heavy (non-hydrogen) atoms. The zero-order valence-electron chi connectivity index (χ0n) is 15.3. The van der Waals surface area contributed by atoms with Gasteiger partial charge in [-0.1, -0.05) is 6.92 Å². The van der Waals surface area contributed by atoms with E-state index in [1.165, 1.54) is 10.7 Å². The number of nitrogens with zero attached hydrogens (tertiary/aromatic N) is 1. The van der Waals surface area contributed by atoms with E-state index < -0.39 is 9.84 Å². The number of aromatic amines is 1. The smallest absolute Gasteiger partial charge is 0.277 e. The number of aromatic nitrogens is 2. The number of sulfone groups is 1. The van der Waals surface area contributed by atoms with Crippen LogP contribution in [0, 0.1) is 13.8 Å². The van der Waals surface area contributed by atoms with Crippen LogP contribution in [0.5, 0.6) is 0 Å². The molecule has 3 rings (SSSR count). The molecule has 1 aromatic carbocycles. The number of carbonyl (C=O) groups is 1. The first kappa shape index (κ1) is 19.0. The van der Waals surface area contributed by atoms with Gasteiger partial charge < -0.3 is 0 Å². The van der Waals surface area contributed by atoms with Gasteiger partial charge in [0.15, 0.2) is 9.84 Å². The van der Waals surface area contributed by atoms with Crippen molar-refractivity contribution >= 4 is 27.4 Å². The zero-order chi connectivity index (χ0) is 19.2. The largest absolute Gasteiger partial charge is 0.299 e. The van der Waals surface area contributed by atoms with E-state index in [0.29, 0.717) is 28.1 Å². The van der Waals surface area contributed by atoms with Crippen molar-refractivity contribution in [2.24, 2.45) is 7.05 Å². The van der Waals surface area contributed by atoms with E-state index in [4.69, 9.17) is 0 Å². The molecule has 140 valence electrons. The average Bonchev–Trinajstić information content (AvgIpc) is 2.82. The highest BCUT2D eigenvalue weighted by atomic mass is 32.2. The molecule has 0 spiro atoms. The molecule has 0 radical (unpaired) electrons. The van der Waals surface area contributed by atoms with Crippen molar-refractivity contribution in [3.05, 3.63) is 50.4 Å². The van der Waals surface area contributed by atoms with Crippen LogP contribution in [0.1, 0.15) is 51.3 Å². The number of fused-ring (bicyclic) bond motifs is 1. The third-order valence-corrected chi connectivity index (χ3v) is 7.86. The number of hydrogen-bond donors (Lipinski definition) is 1. The number of hydrogen-bond acceptors (Lipinski definition) is 5. The second kappa shape index (κ2) is 6.74. The fourth-order valence-electron chi connectivity index (χ4n) is 3.59. The standard InChI is InChI=1S/C18H22N2O4S2/c1-5-25-13-8-9-26(23,24)14-7-6-12(10(2)15(13)14)17(21)16-11(3)19-20(4)18(16)22/h6-7,13,19H,5,8-9H2,1-4H3. The molecule has 8 heteroatoms. The lowest BCUT2D eigenvalue weighted by Crippen LogP contribution is -2.23. The summed E-state index contributed by atoms with van der Waals surface area (Å²) in [5.74, 6) is 0.619. The number of thioether (sulfide) groups is 1. The Balaban J connectivity index is 2.21. The highest BCUT2D eigenvalue weighted by molar-refractivity contribution is 7.99. The second-order valence-corrected chi connectivity index (χ2v) is 10.1. The maximum absolute atomic E-state index is 13.0. The van der Waals surface area contributed by atoms with Crippen LogP contribution in [0.3, 0.4) is 0 Å².